The number of nitrogens with two attached hydrogens (primary N) is 1. The second kappa shape index (κ2) is 6.76. The average Bonchev–Trinajstić information content (AvgIpc) is 2.81. The number of hydrogen-bond donors (Lipinski definition) is 3. The van der Waals surface area contributed by atoms with Crippen molar-refractivity contribution in [3.8, 4) is 0 Å². The van der Waals surface area contributed by atoms with E-state index >= 15 is 0 Å². The van der Waals surface area contributed by atoms with Crippen LogP contribution < -0.4 is 16.4 Å². The number of rotatable bonds is 5. The molecule has 7 nitrogen and oxygen atoms in total. The van der Waals surface area contributed by atoms with Gasteiger partial charge in [0.25, 0.3) is 5.91 Å². The maximum absolute atomic E-state index is 12.4. The molecular weight excluding hydrogens is 332 g/mol. The summed E-state index contributed by atoms with van der Waals surface area (Å²) in [5.74, 6) is -0.785. The molecule has 2 aromatic carbocycles. The lowest BCUT2D eigenvalue weighted by Crippen LogP contribution is -2.49. The van der Waals surface area contributed by atoms with Crippen LogP contribution >= 0.6 is 0 Å². The number of fused-ring (bicyclic) bond motifs is 1. The fourth-order valence-corrected chi connectivity index (χ4v) is 3.05. The topological polar surface area (TPSA) is 105 Å². The summed E-state index contributed by atoms with van der Waals surface area (Å²) >= 11 is 0. The Morgan fingerprint density at radius 1 is 1.19 bits per heavy atom. The number of urea groups is 1. The van der Waals surface area contributed by atoms with Gasteiger partial charge in [-0.1, -0.05) is 36.4 Å². The largest absolute Gasteiger partial charge is 0.346 e. The SMILES string of the molecule is CC1(C)C(=O)NC(=O)N1CC(=O)NC(CN)c1ccc2ccccc2c1. The summed E-state index contributed by atoms with van der Waals surface area (Å²) in [4.78, 5) is 37.4. The summed E-state index contributed by atoms with van der Waals surface area (Å²) in [7, 11) is 0. The summed E-state index contributed by atoms with van der Waals surface area (Å²) < 4.78 is 0. The Labute approximate surface area is 151 Å². The van der Waals surface area contributed by atoms with Crippen LogP contribution in [-0.4, -0.2) is 41.4 Å². The molecule has 0 aromatic heterocycles. The Hall–Kier alpha value is -2.93. The molecule has 4 amide bonds. The van der Waals surface area contributed by atoms with Crippen LogP contribution in [0.25, 0.3) is 10.8 Å². The van der Waals surface area contributed by atoms with Crippen molar-refractivity contribution in [2.75, 3.05) is 13.1 Å². The van der Waals surface area contributed by atoms with Gasteiger partial charge in [-0.15, -0.1) is 0 Å². The minimum absolute atomic E-state index is 0.214. The van der Waals surface area contributed by atoms with E-state index in [1.807, 2.05) is 42.5 Å². The quantitative estimate of drug-likeness (QED) is 0.704. The van der Waals surface area contributed by atoms with Crippen LogP contribution in [0.3, 0.4) is 0 Å². The average molecular weight is 354 g/mol. The molecule has 1 atom stereocenters. The maximum atomic E-state index is 12.4. The summed E-state index contributed by atoms with van der Waals surface area (Å²) in [6, 6.07) is 12.9. The molecule has 1 heterocycles. The van der Waals surface area contributed by atoms with E-state index in [0.717, 1.165) is 16.3 Å². The summed E-state index contributed by atoms with van der Waals surface area (Å²) in [6.07, 6.45) is 0. The van der Waals surface area contributed by atoms with Gasteiger partial charge in [-0.25, -0.2) is 4.79 Å². The third-order valence-electron chi connectivity index (χ3n) is 4.74. The van der Waals surface area contributed by atoms with Crippen LogP contribution in [0.15, 0.2) is 42.5 Å². The van der Waals surface area contributed by atoms with Gasteiger partial charge >= 0.3 is 6.03 Å². The number of carbonyl (C=O) groups excluding carboxylic acids is 3. The van der Waals surface area contributed by atoms with Gasteiger partial charge in [0.2, 0.25) is 5.91 Å². The monoisotopic (exact) mass is 354 g/mol. The highest BCUT2D eigenvalue weighted by Gasteiger charge is 2.46. The van der Waals surface area contributed by atoms with E-state index in [0.29, 0.717) is 0 Å². The van der Waals surface area contributed by atoms with Gasteiger partial charge in [0.1, 0.15) is 12.1 Å². The van der Waals surface area contributed by atoms with Gasteiger partial charge in [0.05, 0.1) is 6.04 Å². The number of carbonyl (C=O) groups is 3. The van der Waals surface area contributed by atoms with Crippen molar-refractivity contribution in [3.05, 3.63) is 48.0 Å². The Balaban J connectivity index is 1.74. The second-order valence-electron chi connectivity index (χ2n) is 6.87. The lowest BCUT2D eigenvalue weighted by Gasteiger charge is -2.28. The highest BCUT2D eigenvalue weighted by Crippen LogP contribution is 2.22. The summed E-state index contributed by atoms with van der Waals surface area (Å²) in [6.45, 7) is 3.21. The van der Waals surface area contributed by atoms with Gasteiger partial charge in [-0.3, -0.25) is 14.9 Å². The summed E-state index contributed by atoms with van der Waals surface area (Å²) in [5, 5.41) is 7.24. The molecule has 0 saturated carbocycles. The van der Waals surface area contributed by atoms with Crippen molar-refractivity contribution in [1.82, 2.24) is 15.5 Å². The molecule has 0 spiro atoms. The first kappa shape index (κ1) is 17.9. The van der Waals surface area contributed by atoms with Gasteiger partial charge < -0.3 is 16.0 Å². The molecule has 0 aliphatic carbocycles. The van der Waals surface area contributed by atoms with Gasteiger partial charge in [-0.2, -0.15) is 0 Å². The number of imide groups is 1. The Bertz CT molecular complexity index is 878. The van der Waals surface area contributed by atoms with E-state index in [-0.39, 0.29) is 25.0 Å². The fraction of sp³-hybridized carbons (Fsp3) is 0.316. The van der Waals surface area contributed by atoms with E-state index in [1.54, 1.807) is 13.8 Å². The molecule has 4 N–H and O–H groups in total. The third kappa shape index (κ3) is 3.25. The van der Waals surface area contributed by atoms with Crippen molar-refractivity contribution in [1.29, 1.82) is 0 Å². The van der Waals surface area contributed by atoms with E-state index in [9.17, 15) is 14.4 Å². The van der Waals surface area contributed by atoms with Crippen molar-refractivity contribution >= 4 is 28.6 Å². The summed E-state index contributed by atoms with van der Waals surface area (Å²) in [5.41, 5.74) is 5.68. The van der Waals surface area contributed by atoms with Gasteiger partial charge in [-0.05, 0) is 36.2 Å². The second-order valence-corrected chi connectivity index (χ2v) is 6.87. The molecule has 1 aliphatic heterocycles. The predicted octanol–water partition coefficient (Wildman–Crippen LogP) is 1.29. The van der Waals surface area contributed by atoms with E-state index < -0.39 is 17.5 Å². The van der Waals surface area contributed by atoms with Crippen LogP contribution in [-0.2, 0) is 9.59 Å². The minimum Gasteiger partial charge on any atom is -0.346 e. The molecule has 136 valence electrons. The molecule has 7 heteroatoms. The normalized spacial score (nSPS) is 17.3. The molecular formula is C19H22N4O3. The minimum atomic E-state index is -1.06. The molecule has 0 bridgehead atoms. The van der Waals surface area contributed by atoms with Crippen molar-refractivity contribution in [2.45, 2.75) is 25.4 Å². The van der Waals surface area contributed by atoms with Crippen LogP contribution in [0.2, 0.25) is 0 Å². The number of amides is 4. The van der Waals surface area contributed by atoms with Crippen molar-refractivity contribution in [2.24, 2.45) is 5.73 Å². The Morgan fingerprint density at radius 3 is 2.50 bits per heavy atom. The first-order valence-corrected chi connectivity index (χ1v) is 8.44. The molecule has 1 unspecified atom stereocenters. The standard InChI is InChI=1S/C19H22N4O3/c1-19(2)17(25)22-18(26)23(19)11-16(24)21-15(10-20)14-8-7-12-5-3-4-6-13(12)9-14/h3-9,15H,10-11,20H2,1-2H3,(H,21,24)(H,22,25,26). The number of nitrogens with zero attached hydrogens (tertiary/aromatic N) is 1. The molecule has 0 radical (unpaired) electrons. The fourth-order valence-electron chi connectivity index (χ4n) is 3.05. The van der Waals surface area contributed by atoms with Gasteiger partial charge in [0.15, 0.2) is 0 Å². The Kier molecular flexibility index (Phi) is 4.65. The van der Waals surface area contributed by atoms with Crippen LogP contribution in [0, 0.1) is 0 Å². The Morgan fingerprint density at radius 2 is 1.88 bits per heavy atom. The van der Waals surface area contributed by atoms with Crippen molar-refractivity contribution < 1.29 is 14.4 Å². The lowest BCUT2D eigenvalue weighted by molar-refractivity contribution is -0.127. The zero-order valence-corrected chi connectivity index (χ0v) is 14.8. The highest BCUT2D eigenvalue weighted by atomic mass is 16.2. The van der Waals surface area contributed by atoms with E-state index in [1.165, 1.54) is 4.90 Å². The van der Waals surface area contributed by atoms with Crippen LogP contribution in [0.1, 0.15) is 25.5 Å². The van der Waals surface area contributed by atoms with E-state index in [4.69, 9.17) is 5.73 Å². The maximum Gasteiger partial charge on any atom is 0.325 e. The number of nitrogens with one attached hydrogen (secondary N) is 2. The smallest absolute Gasteiger partial charge is 0.325 e. The van der Waals surface area contributed by atoms with Gasteiger partial charge in [0, 0.05) is 6.54 Å². The third-order valence-corrected chi connectivity index (χ3v) is 4.74. The van der Waals surface area contributed by atoms with Crippen LogP contribution in [0.4, 0.5) is 4.79 Å². The van der Waals surface area contributed by atoms with Crippen molar-refractivity contribution in [3.63, 3.8) is 0 Å². The molecule has 1 aliphatic rings. The molecule has 2 aromatic rings. The van der Waals surface area contributed by atoms with E-state index in [2.05, 4.69) is 10.6 Å². The lowest BCUT2D eigenvalue weighted by atomic mass is 10.0. The zero-order valence-electron chi connectivity index (χ0n) is 14.8. The first-order chi connectivity index (χ1) is 12.3. The highest BCUT2D eigenvalue weighted by molar-refractivity contribution is 6.07. The van der Waals surface area contributed by atoms with Crippen LogP contribution in [0.5, 0.6) is 0 Å². The molecule has 1 fully saturated rings. The first-order valence-electron chi connectivity index (χ1n) is 8.44. The molecule has 1 saturated heterocycles. The predicted molar refractivity (Wildman–Crippen MR) is 98.2 cm³/mol. The molecule has 26 heavy (non-hydrogen) atoms. The number of hydrogen-bond acceptors (Lipinski definition) is 4. The molecule has 3 rings (SSSR count). The number of benzene rings is 2. The zero-order chi connectivity index (χ0) is 18.9.